The van der Waals surface area contributed by atoms with E-state index < -0.39 is 11.5 Å². The lowest BCUT2D eigenvalue weighted by Gasteiger charge is -2.42. The molecule has 3 N–H and O–H groups in total. The van der Waals surface area contributed by atoms with E-state index in [1.54, 1.807) is 0 Å². The van der Waals surface area contributed by atoms with Gasteiger partial charge in [-0.05, 0) is 35.8 Å². The van der Waals surface area contributed by atoms with Gasteiger partial charge in [-0.25, -0.2) is 0 Å². The van der Waals surface area contributed by atoms with E-state index in [-0.39, 0.29) is 0 Å². The molecule has 0 aliphatic heterocycles. The number of carboxylic acids is 1. The van der Waals surface area contributed by atoms with Crippen LogP contribution in [0.2, 0.25) is 0 Å². The Kier molecular flexibility index (Phi) is 2.96. The van der Waals surface area contributed by atoms with Crippen molar-refractivity contribution in [3.63, 3.8) is 0 Å². The van der Waals surface area contributed by atoms with Gasteiger partial charge in [-0.1, -0.05) is 38.1 Å². The van der Waals surface area contributed by atoms with Gasteiger partial charge in [-0.3, -0.25) is 4.79 Å². The molecule has 0 unspecified atom stereocenters. The maximum atomic E-state index is 11.0. The zero-order valence-electron chi connectivity index (χ0n) is 10.3. The predicted molar refractivity (Wildman–Crippen MR) is 67.1 cm³/mol. The monoisotopic (exact) mass is 233 g/mol. The minimum absolute atomic E-state index is 0.301. The van der Waals surface area contributed by atoms with Crippen molar-refractivity contribution < 1.29 is 9.90 Å². The van der Waals surface area contributed by atoms with E-state index in [1.807, 2.05) is 12.1 Å². The summed E-state index contributed by atoms with van der Waals surface area (Å²) in [7, 11) is 0. The molecule has 2 rings (SSSR count). The molecule has 0 aromatic heterocycles. The summed E-state index contributed by atoms with van der Waals surface area (Å²) in [6, 6.07) is 8.27. The first-order valence-electron chi connectivity index (χ1n) is 6.05. The minimum Gasteiger partial charge on any atom is -0.480 e. The molecule has 3 nitrogen and oxygen atoms in total. The van der Waals surface area contributed by atoms with Crippen LogP contribution in [0, 0.1) is 0 Å². The molecule has 0 bridgehead atoms. The minimum atomic E-state index is -1.01. The Morgan fingerprint density at radius 3 is 2.53 bits per heavy atom. The lowest BCUT2D eigenvalue weighted by Crippen LogP contribution is -2.57. The average Bonchev–Trinajstić information content (AvgIpc) is 2.24. The number of rotatable bonds is 3. The van der Waals surface area contributed by atoms with Gasteiger partial charge in [0.05, 0.1) is 0 Å². The molecule has 1 fully saturated rings. The maximum absolute atomic E-state index is 11.0. The quantitative estimate of drug-likeness (QED) is 0.843. The summed E-state index contributed by atoms with van der Waals surface area (Å²) in [4.78, 5) is 11.0. The molecule has 0 atom stereocenters. The van der Waals surface area contributed by atoms with Crippen molar-refractivity contribution in [2.75, 3.05) is 0 Å². The third-order valence-electron chi connectivity index (χ3n) is 3.71. The Labute approximate surface area is 102 Å². The van der Waals surface area contributed by atoms with Crippen LogP contribution in [0.4, 0.5) is 0 Å². The third kappa shape index (κ3) is 2.07. The van der Waals surface area contributed by atoms with E-state index in [9.17, 15) is 4.79 Å². The Bertz CT molecular complexity index is 434. The fraction of sp³-hybridized carbons (Fsp3) is 0.500. The molecular formula is C14H19NO2. The van der Waals surface area contributed by atoms with Gasteiger partial charge in [0.15, 0.2) is 0 Å². The van der Waals surface area contributed by atoms with Gasteiger partial charge in [0.1, 0.15) is 5.54 Å². The molecule has 1 aliphatic rings. The molecule has 0 spiro atoms. The number of carboxylic acid groups (broad SMARTS) is 1. The highest BCUT2D eigenvalue weighted by Gasteiger charge is 2.48. The van der Waals surface area contributed by atoms with Gasteiger partial charge in [0.2, 0.25) is 0 Å². The number of nitrogens with two attached hydrogens (primary N) is 1. The molecule has 1 aromatic rings. The van der Waals surface area contributed by atoms with Crippen molar-refractivity contribution in [3.05, 3.63) is 35.4 Å². The van der Waals surface area contributed by atoms with E-state index in [0.29, 0.717) is 24.7 Å². The van der Waals surface area contributed by atoms with Gasteiger partial charge in [-0.15, -0.1) is 0 Å². The Morgan fingerprint density at radius 2 is 2.00 bits per heavy atom. The zero-order chi connectivity index (χ0) is 12.6. The molecule has 0 radical (unpaired) electrons. The molecule has 1 aliphatic carbocycles. The van der Waals surface area contributed by atoms with Crippen molar-refractivity contribution in [1.29, 1.82) is 0 Å². The van der Waals surface area contributed by atoms with Crippen LogP contribution in [0.3, 0.4) is 0 Å². The zero-order valence-corrected chi connectivity index (χ0v) is 10.3. The molecule has 1 aromatic carbocycles. The third-order valence-corrected chi connectivity index (χ3v) is 3.71. The van der Waals surface area contributed by atoms with Gasteiger partial charge in [0, 0.05) is 0 Å². The SMILES string of the molecule is CC(C)c1ccccc1C1CC(N)(C(=O)O)C1. The molecule has 0 saturated heterocycles. The first-order valence-corrected chi connectivity index (χ1v) is 6.05. The van der Waals surface area contributed by atoms with Crippen LogP contribution in [0.25, 0.3) is 0 Å². The largest absolute Gasteiger partial charge is 0.480 e. The van der Waals surface area contributed by atoms with E-state index in [0.717, 1.165) is 0 Å². The van der Waals surface area contributed by atoms with E-state index in [1.165, 1.54) is 11.1 Å². The number of aliphatic carboxylic acids is 1. The first kappa shape index (κ1) is 12.1. The van der Waals surface area contributed by atoms with Crippen LogP contribution in [-0.2, 0) is 4.79 Å². The first-order chi connectivity index (χ1) is 7.94. The number of hydrogen-bond acceptors (Lipinski definition) is 2. The second-order valence-corrected chi connectivity index (χ2v) is 5.35. The fourth-order valence-corrected chi connectivity index (χ4v) is 2.62. The van der Waals surface area contributed by atoms with Crippen LogP contribution in [-0.4, -0.2) is 16.6 Å². The topological polar surface area (TPSA) is 63.3 Å². The summed E-state index contributed by atoms with van der Waals surface area (Å²) < 4.78 is 0. The standard InChI is InChI=1S/C14H19NO2/c1-9(2)11-5-3-4-6-12(11)10-7-14(15,8-10)13(16)17/h3-6,9-10H,7-8,15H2,1-2H3,(H,16,17). The van der Waals surface area contributed by atoms with Gasteiger partial charge in [-0.2, -0.15) is 0 Å². The summed E-state index contributed by atoms with van der Waals surface area (Å²) in [5.41, 5.74) is 7.37. The van der Waals surface area contributed by atoms with E-state index in [2.05, 4.69) is 26.0 Å². The second kappa shape index (κ2) is 4.15. The summed E-state index contributed by atoms with van der Waals surface area (Å²) in [5.74, 6) is -0.116. The lowest BCUT2D eigenvalue weighted by atomic mass is 9.65. The van der Waals surface area contributed by atoms with Crippen LogP contribution in [0.1, 0.15) is 49.7 Å². The lowest BCUT2D eigenvalue weighted by molar-refractivity contribution is -0.147. The number of hydrogen-bond donors (Lipinski definition) is 2. The summed E-state index contributed by atoms with van der Waals surface area (Å²) in [5, 5.41) is 9.01. The van der Waals surface area contributed by atoms with Crippen LogP contribution in [0.15, 0.2) is 24.3 Å². The smallest absolute Gasteiger partial charge is 0.323 e. The maximum Gasteiger partial charge on any atom is 0.323 e. The Hall–Kier alpha value is -1.35. The van der Waals surface area contributed by atoms with Crippen LogP contribution < -0.4 is 5.73 Å². The van der Waals surface area contributed by atoms with E-state index >= 15 is 0 Å². The van der Waals surface area contributed by atoms with Crippen molar-refractivity contribution in [3.8, 4) is 0 Å². The van der Waals surface area contributed by atoms with Crippen molar-refractivity contribution in [2.24, 2.45) is 5.73 Å². The van der Waals surface area contributed by atoms with Gasteiger partial charge >= 0.3 is 5.97 Å². The summed E-state index contributed by atoms with van der Waals surface area (Å²) in [6.07, 6.45) is 1.10. The molecule has 17 heavy (non-hydrogen) atoms. The highest BCUT2D eigenvalue weighted by Crippen LogP contribution is 2.45. The number of carbonyl (C=O) groups is 1. The van der Waals surface area contributed by atoms with Crippen molar-refractivity contribution in [1.82, 2.24) is 0 Å². The molecule has 92 valence electrons. The number of benzene rings is 1. The average molecular weight is 233 g/mol. The Balaban J connectivity index is 2.19. The van der Waals surface area contributed by atoms with Crippen molar-refractivity contribution in [2.45, 2.75) is 44.1 Å². The summed E-state index contributed by atoms with van der Waals surface area (Å²) in [6.45, 7) is 4.31. The van der Waals surface area contributed by atoms with Crippen molar-refractivity contribution >= 4 is 5.97 Å². The van der Waals surface area contributed by atoms with Crippen LogP contribution in [0.5, 0.6) is 0 Å². The molecule has 1 saturated carbocycles. The molecular weight excluding hydrogens is 214 g/mol. The predicted octanol–water partition coefficient (Wildman–Crippen LogP) is 2.47. The molecule has 0 heterocycles. The van der Waals surface area contributed by atoms with E-state index in [4.69, 9.17) is 10.8 Å². The van der Waals surface area contributed by atoms with Crippen LogP contribution >= 0.6 is 0 Å². The molecule has 3 heteroatoms. The molecule has 0 amide bonds. The normalized spacial score (nSPS) is 27.9. The fourth-order valence-electron chi connectivity index (χ4n) is 2.62. The summed E-state index contributed by atoms with van der Waals surface area (Å²) >= 11 is 0. The highest BCUT2D eigenvalue weighted by atomic mass is 16.4. The van der Waals surface area contributed by atoms with Gasteiger partial charge in [0.25, 0.3) is 0 Å². The Morgan fingerprint density at radius 1 is 1.41 bits per heavy atom. The highest BCUT2D eigenvalue weighted by molar-refractivity contribution is 5.80. The van der Waals surface area contributed by atoms with Gasteiger partial charge < -0.3 is 10.8 Å². The second-order valence-electron chi connectivity index (χ2n) is 5.35.